The number of aromatic nitrogens is 1. The summed E-state index contributed by atoms with van der Waals surface area (Å²) in [5, 5.41) is 2.78. The molecule has 0 spiro atoms. The molecule has 2 fully saturated rings. The minimum Gasteiger partial charge on any atom is -0.443 e. The zero-order valence-corrected chi connectivity index (χ0v) is 21.6. The van der Waals surface area contributed by atoms with Gasteiger partial charge >= 0.3 is 6.09 Å². The molecule has 2 aromatic rings. The average molecular weight is 510 g/mol. The number of likely N-dealkylation sites (N-methyl/N-ethyl adjacent to an activating group) is 1. The van der Waals surface area contributed by atoms with Crippen LogP contribution in [-0.2, 0) is 32.1 Å². The summed E-state index contributed by atoms with van der Waals surface area (Å²) in [6.45, 7) is 4.06. The van der Waals surface area contributed by atoms with Crippen molar-refractivity contribution in [1.29, 1.82) is 0 Å². The average Bonchev–Trinajstić information content (AvgIpc) is 3.12. The molecule has 2 aliphatic rings. The molecule has 3 heterocycles. The molecule has 4 rings (SSSR count). The second kappa shape index (κ2) is 10.9. The van der Waals surface area contributed by atoms with E-state index in [1.807, 2.05) is 48.5 Å². The highest BCUT2D eigenvalue weighted by molar-refractivity contribution is 5.91. The molecule has 10 nitrogen and oxygen atoms in total. The molecule has 1 aromatic carbocycles. The summed E-state index contributed by atoms with van der Waals surface area (Å²) in [6, 6.07) is 14.3. The van der Waals surface area contributed by atoms with Crippen LogP contribution >= 0.6 is 0 Å². The number of nitrogens with one attached hydrogen (secondary N) is 1. The lowest BCUT2D eigenvalue weighted by Gasteiger charge is -2.46. The van der Waals surface area contributed by atoms with E-state index < -0.39 is 29.1 Å². The summed E-state index contributed by atoms with van der Waals surface area (Å²) >= 11 is 0. The van der Waals surface area contributed by atoms with Crippen molar-refractivity contribution in [3.8, 4) is 0 Å². The van der Waals surface area contributed by atoms with E-state index in [4.69, 9.17) is 15.2 Å². The second-order valence-corrected chi connectivity index (χ2v) is 10.3. The molecule has 3 amide bonds. The van der Waals surface area contributed by atoms with Crippen molar-refractivity contribution in [1.82, 2.24) is 20.1 Å². The molecule has 0 saturated carbocycles. The minimum absolute atomic E-state index is 0.0199. The number of benzene rings is 1. The number of fused-ring (bicyclic) bond motifs is 1. The number of carbonyl (C=O) groups excluding carboxylic acids is 3. The van der Waals surface area contributed by atoms with Gasteiger partial charge in [0.25, 0.3) is 0 Å². The molecule has 2 saturated heterocycles. The predicted molar refractivity (Wildman–Crippen MR) is 136 cm³/mol. The Kier molecular flexibility index (Phi) is 7.79. The number of amides is 3. The molecule has 198 valence electrons. The third kappa shape index (κ3) is 5.91. The lowest BCUT2D eigenvalue weighted by Crippen LogP contribution is -2.66. The zero-order valence-electron chi connectivity index (χ0n) is 21.6. The number of ether oxygens (including phenoxy) is 2. The first-order chi connectivity index (χ1) is 17.6. The first-order valence-corrected chi connectivity index (χ1v) is 12.4. The number of pyridine rings is 1. The van der Waals surface area contributed by atoms with Gasteiger partial charge in [0.05, 0.1) is 18.8 Å². The van der Waals surface area contributed by atoms with Gasteiger partial charge in [0, 0.05) is 44.9 Å². The quantitative estimate of drug-likeness (QED) is 0.524. The van der Waals surface area contributed by atoms with Gasteiger partial charge in [-0.3, -0.25) is 19.5 Å². The lowest BCUT2D eigenvalue weighted by atomic mass is 9.81. The van der Waals surface area contributed by atoms with Crippen molar-refractivity contribution in [2.24, 2.45) is 5.73 Å². The lowest BCUT2D eigenvalue weighted by molar-refractivity contribution is -0.143. The number of carbonyl (C=O) groups is 3. The van der Waals surface area contributed by atoms with Crippen molar-refractivity contribution in [2.75, 3.05) is 26.7 Å². The van der Waals surface area contributed by atoms with E-state index in [0.29, 0.717) is 26.0 Å². The van der Waals surface area contributed by atoms with Gasteiger partial charge in [-0.15, -0.1) is 0 Å². The Morgan fingerprint density at radius 3 is 2.65 bits per heavy atom. The zero-order chi connectivity index (χ0) is 26.6. The van der Waals surface area contributed by atoms with Crippen LogP contribution in [0.25, 0.3) is 0 Å². The number of hydrogen-bond acceptors (Lipinski definition) is 7. The van der Waals surface area contributed by atoms with Crippen molar-refractivity contribution in [3.63, 3.8) is 0 Å². The summed E-state index contributed by atoms with van der Waals surface area (Å²) in [6.07, 6.45) is 1.82. The molecule has 10 heteroatoms. The molecule has 2 aliphatic heterocycles. The first kappa shape index (κ1) is 26.6. The molecule has 0 aliphatic carbocycles. The molecule has 0 radical (unpaired) electrons. The molecular formula is C27H35N5O5. The predicted octanol–water partition coefficient (Wildman–Crippen LogP) is 1.48. The van der Waals surface area contributed by atoms with Gasteiger partial charge in [0.2, 0.25) is 11.8 Å². The molecule has 37 heavy (non-hydrogen) atoms. The maximum atomic E-state index is 13.8. The van der Waals surface area contributed by atoms with E-state index in [9.17, 15) is 14.4 Å². The summed E-state index contributed by atoms with van der Waals surface area (Å²) in [4.78, 5) is 46.8. The molecule has 3 unspecified atom stereocenters. The number of rotatable bonds is 9. The smallest absolute Gasteiger partial charge is 0.410 e. The van der Waals surface area contributed by atoms with Crippen LogP contribution in [0.3, 0.4) is 0 Å². The van der Waals surface area contributed by atoms with Gasteiger partial charge in [-0.25, -0.2) is 4.79 Å². The maximum Gasteiger partial charge on any atom is 0.410 e. The number of piperidine rings is 1. The molecule has 3 N–H and O–H groups in total. The number of likely N-dealkylation sites (tertiary alicyclic amines) is 1. The molecular weight excluding hydrogens is 474 g/mol. The number of nitrogens with two attached hydrogens (primary N) is 1. The van der Waals surface area contributed by atoms with E-state index in [0.717, 1.165) is 11.3 Å². The van der Waals surface area contributed by atoms with Crippen LogP contribution in [0.2, 0.25) is 0 Å². The Bertz CT molecular complexity index is 1110. The standard InChI is InChI=1S/C27H35N5O5/c1-26(2,28)24(34)30-21(17-36-16-19-9-5-4-6-10-19)23(33)32-14-12-22-27(18-32,31(3)25(35)37-22)15-20-11-7-8-13-29-20/h4-11,13,21-22H,12,14-18,28H2,1-3H3,(H,30,34). The van der Waals surface area contributed by atoms with Crippen LogP contribution in [0.15, 0.2) is 54.7 Å². The van der Waals surface area contributed by atoms with Gasteiger partial charge in [-0.1, -0.05) is 36.4 Å². The summed E-state index contributed by atoms with van der Waals surface area (Å²) < 4.78 is 11.5. The fourth-order valence-electron chi connectivity index (χ4n) is 4.83. The van der Waals surface area contributed by atoms with E-state index >= 15 is 0 Å². The highest BCUT2D eigenvalue weighted by Gasteiger charge is 2.57. The first-order valence-electron chi connectivity index (χ1n) is 12.4. The van der Waals surface area contributed by atoms with Gasteiger partial charge < -0.3 is 25.4 Å². The Labute approximate surface area is 217 Å². The summed E-state index contributed by atoms with van der Waals surface area (Å²) in [5.74, 6) is -0.749. The highest BCUT2D eigenvalue weighted by Crippen LogP contribution is 2.38. The normalized spacial score (nSPS) is 22.3. The van der Waals surface area contributed by atoms with Gasteiger partial charge in [-0.2, -0.15) is 0 Å². The largest absolute Gasteiger partial charge is 0.443 e. The molecule has 0 bridgehead atoms. The van der Waals surface area contributed by atoms with Gasteiger partial charge in [0.1, 0.15) is 17.7 Å². The van der Waals surface area contributed by atoms with Gasteiger partial charge in [0.15, 0.2) is 0 Å². The fourth-order valence-corrected chi connectivity index (χ4v) is 4.83. The van der Waals surface area contributed by atoms with Gasteiger partial charge in [-0.05, 0) is 31.5 Å². The van der Waals surface area contributed by atoms with E-state index in [-0.39, 0.29) is 25.2 Å². The highest BCUT2D eigenvalue weighted by atomic mass is 16.6. The van der Waals surface area contributed by atoms with Crippen LogP contribution in [0.1, 0.15) is 31.5 Å². The Hall–Kier alpha value is -3.50. The SMILES string of the molecule is CN1C(=O)OC2CCN(C(=O)C(COCc3ccccc3)NC(=O)C(C)(C)N)CC21Cc1ccccn1. The van der Waals surface area contributed by atoms with Crippen LogP contribution in [0.5, 0.6) is 0 Å². The molecule has 1 aromatic heterocycles. The Morgan fingerprint density at radius 2 is 1.97 bits per heavy atom. The van der Waals surface area contributed by atoms with E-state index in [2.05, 4.69) is 10.3 Å². The second-order valence-electron chi connectivity index (χ2n) is 10.3. The Morgan fingerprint density at radius 1 is 1.24 bits per heavy atom. The van der Waals surface area contributed by atoms with Crippen molar-refractivity contribution in [2.45, 2.75) is 56.5 Å². The van der Waals surface area contributed by atoms with E-state index in [1.54, 1.807) is 36.9 Å². The van der Waals surface area contributed by atoms with Crippen molar-refractivity contribution in [3.05, 3.63) is 66.0 Å². The van der Waals surface area contributed by atoms with Crippen molar-refractivity contribution >= 4 is 17.9 Å². The third-order valence-electron chi connectivity index (χ3n) is 7.02. The summed E-state index contributed by atoms with van der Waals surface area (Å²) in [5.41, 5.74) is 5.80. The van der Waals surface area contributed by atoms with E-state index in [1.165, 1.54) is 0 Å². The minimum atomic E-state index is -1.17. The fraction of sp³-hybridized carbons (Fsp3) is 0.481. The molecule has 3 atom stereocenters. The summed E-state index contributed by atoms with van der Waals surface area (Å²) in [7, 11) is 1.69. The van der Waals surface area contributed by atoms with Crippen molar-refractivity contribution < 1.29 is 23.9 Å². The topological polar surface area (TPSA) is 127 Å². The van der Waals surface area contributed by atoms with Crippen LogP contribution < -0.4 is 11.1 Å². The monoisotopic (exact) mass is 509 g/mol. The van der Waals surface area contributed by atoms with Crippen LogP contribution in [0.4, 0.5) is 4.79 Å². The van der Waals surface area contributed by atoms with Crippen LogP contribution in [0, 0.1) is 0 Å². The third-order valence-corrected chi connectivity index (χ3v) is 7.02. The van der Waals surface area contributed by atoms with Crippen LogP contribution in [-0.4, -0.2) is 82.7 Å². The number of nitrogens with zero attached hydrogens (tertiary/aromatic N) is 3. The Balaban J connectivity index is 1.53. The maximum absolute atomic E-state index is 13.8. The number of hydrogen-bond donors (Lipinski definition) is 2.